The number of carboxylic acids is 1. The van der Waals surface area contributed by atoms with Gasteiger partial charge in [0.15, 0.2) is 0 Å². The van der Waals surface area contributed by atoms with Crippen LogP contribution in [0.3, 0.4) is 0 Å². The number of likely N-dealkylation sites (tertiary alicyclic amines) is 1. The number of aliphatic carboxylic acids is 1. The maximum absolute atomic E-state index is 12.9. The van der Waals surface area contributed by atoms with E-state index in [1.807, 2.05) is 11.0 Å². The lowest BCUT2D eigenvalue weighted by atomic mass is 9.81. The molecule has 4 heteroatoms. The molecule has 1 N–H and O–H groups in total. The monoisotopic (exact) mass is 277 g/mol. The molecule has 4 nitrogen and oxygen atoms in total. The maximum atomic E-state index is 12.9. The Hall–Kier alpha value is -1.32. The molecule has 4 unspecified atom stereocenters. The SMILES string of the molecule is CC1CCN(C(=O)[C@H]2C3C=CC(C3)[C@H]2C(=O)O)C(C)C1. The second-order valence-corrected chi connectivity index (χ2v) is 6.85. The second kappa shape index (κ2) is 4.90. The van der Waals surface area contributed by atoms with Crippen molar-refractivity contribution in [1.82, 2.24) is 4.90 Å². The van der Waals surface area contributed by atoms with Crippen LogP contribution in [-0.2, 0) is 9.59 Å². The molecule has 3 aliphatic rings. The van der Waals surface area contributed by atoms with Crippen molar-refractivity contribution < 1.29 is 14.7 Å². The van der Waals surface area contributed by atoms with Gasteiger partial charge in [0.05, 0.1) is 11.8 Å². The van der Waals surface area contributed by atoms with Crippen LogP contribution in [-0.4, -0.2) is 34.5 Å². The second-order valence-electron chi connectivity index (χ2n) is 6.85. The summed E-state index contributed by atoms with van der Waals surface area (Å²) in [6.45, 7) is 5.09. The highest BCUT2D eigenvalue weighted by Crippen LogP contribution is 2.49. The summed E-state index contributed by atoms with van der Waals surface area (Å²) in [7, 11) is 0. The van der Waals surface area contributed by atoms with Gasteiger partial charge in [-0.2, -0.15) is 0 Å². The Morgan fingerprint density at radius 2 is 1.75 bits per heavy atom. The minimum atomic E-state index is -0.807. The van der Waals surface area contributed by atoms with Crippen LogP contribution in [0.15, 0.2) is 12.2 Å². The normalized spacial score (nSPS) is 43.0. The lowest BCUT2D eigenvalue weighted by Gasteiger charge is -2.39. The third kappa shape index (κ3) is 2.05. The van der Waals surface area contributed by atoms with E-state index in [2.05, 4.69) is 19.9 Å². The summed E-state index contributed by atoms with van der Waals surface area (Å²) in [6, 6.07) is 0.240. The molecule has 1 saturated heterocycles. The van der Waals surface area contributed by atoms with Crippen molar-refractivity contribution in [3.63, 3.8) is 0 Å². The molecule has 2 aliphatic carbocycles. The third-order valence-corrected chi connectivity index (χ3v) is 5.45. The van der Waals surface area contributed by atoms with E-state index in [9.17, 15) is 14.7 Å². The summed E-state index contributed by atoms with van der Waals surface area (Å²) in [5.74, 6) is -0.718. The zero-order chi connectivity index (χ0) is 14.4. The molecule has 110 valence electrons. The van der Waals surface area contributed by atoms with E-state index < -0.39 is 11.9 Å². The van der Waals surface area contributed by atoms with Crippen LogP contribution in [0.1, 0.15) is 33.1 Å². The topological polar surface area (TPSA) is 57.6 Å². The summed E-state index contributed by atoms with van der Waals surface area (Å²) < 4.78 is 0. The summed E-state index contributed by atoms with van der Waals surface area (Å²) >= 11 is 0. The van der Waals surface area contributed by atoms with Gasteiger partial charge in [-0.05, 0) is 43.9 Å². The van der Waals surface area contributed by atoms with E-state index in [4.69, 9.17) is 0 Å². The van der Waals surface area contributed by atoms with Gasteiger partial charge in [-0.1, -0.05) is 19.1 Å². The van der Waals surface area contributed by atoms with Crippen molar-refractivity contribution in [2.75, 3.05) is 6.54 Å². The van der Waals surface area contributed by atoms with Crippen molar-refractivity contribution in [3.05, 3.63) is 12.2 Å². The quantitative estimate of drug-likeness (QED) is 0.787. The van der Waals surface area contributed by atoms with Gasteiger partial charge in [0.25, 0.3) is 0 Å². The first-order chi connectivity index (χ1) is 9.49. The fourth-order valence-corrected chi connectivity index (χ4v) is 4.42. The Kier molecular flexibility index (Phi) is 3.35. The lowest BCUT2D eigenvalue weighted by molar-refractivity contribution is -0.152. The summed E-state index contributed by atoms with van der Waals surface area (Å²) in [5, 5.41) is 9.46. The number of hydrogen-bond acceptors (Lipinski definition) is 2. The highest BCUT2D eigenvalue weighted by atomic mass is 16.4. The van der Waals surface area contributed by atoms with Gasteiger partial charge in [-0.15, -0.1) is 0 Å². The largest absolute Gasteiger partial charge is 0.481 e. The standard InChI is InChI=1S/C16H23NO3/c1-9-5-6-17(10(2)7-9)15(18)13-11-3-4-12(8-11)14(13)16(19)20/h3-4,9-14H,5-8H2,1-2H3,(H,19,20)/t9?,10?,11?,12?,13-,14+/m0/s1. The van der Waals surface area contributed by atoms with Crippen LogP contribution < -0.4 is 0 Å². The number of allylic oxidation sites excluding steroid dienone is 2. The molecule has 1 saturated carbocycles. The van der Waals surface area contributed by atoms with Crippen LogP contribution in [0, 0.1) is 29.6 Å². The van der Waals surface area contributed by atoms with Crippen molar-refractivity contribution in [2.45, 2.75) is 39.2 Å². The Bertz CT molecular complexity index is 459. The van der Waals surface area contributed by atoms with E-state index in [-0.39, 0.29) is 29.7 Å². The fourth-order valence-electron chi connectivity index (χ4n) is 4.42. The number of fused-ring (bicyclic) bond motifs is 2. The number of amides is 1. The Labute approximate surface area is 119 Å². The van der Waals surface area contributed by atoms with Gasteiger partial charge in [0.1, 0.15) is 0 Å². The molecule has 20 heavy (non-hydrogen) atoms. The van der Waals surface area contributed by atoms with E-state index in [0.717, 1.165) is 25.8 Å². The molecule has 0 aromatic rings. The molecule has 1 heterocycles. The molecule has 2 bridgehead atoms. The minimum absolute atomic E-state index is 0.0606. The van der Waals surface area contributed by atoms with Crippen LogP contribution >= 0.6 is 0 Å². The molecular weight excluding hydrogens is 254 g/mol. The Morgan fingerprint density at radius 3 is 2.35 bits per heavy atom. The van der Waals surface area contributed by atoms with E-state index in [1.54, 1.807) is 0 Å². The molecule has 6 atom stereocenters. The number of rotatable bonds is 2. The van der Waals surface area contributed by atoms with Crippen molar-refractivity contribution in [2.24, 2.45) is 29.6 Å². The Morgan fingerprint density at radius 1 is 1.10 bits per heavy atom. The number of piperidine rings is 1. The summed E-state index contributed by atoms with van der Waals surface area (Å²) in [4.78, 5) is 26.3. The van der Waals surface area contributed by atoms with Crippen LogP contribution in [0.2, 0.25) is 0 Å². The van der Waals surface area contributed by atoms with Gasteiger partial charge < -0.3 is 10.0 Å². The predicted octanol–water partition coefficient (Wildman–Crippen LogP) is 2.16. The van der Waals surface area contributed by atoms with Gasteiger partial charge in [0.2, 0.25) is 5.91 Å². The number of nitrogens with zero attached hydrogens (tertiary/aromatic N) is 1. The van der Waals surface area contributed by atoms with Gasteiger partial charge in [0, 0.05) is 12.6 Å². The zero-order valence-corrected chi connectivity index (χ0v) is 12.2. The average molecular weight is 277 g/mol. The minimum Gasteiger partial charge on any atom is -0.481 e. The van der Waals surface area contributed by atoms with E-state index in [1.165, 1.54) is 0 Å². The first-order valence-electron chi connectivity index (χ1n) is 7.70. The van der Waals surface area contributed by atoms with Crippen molar-refractivity contribution in [1.29, 1.82) is 0 Å². The molecule has 0 radical (unpaired) electrons. The average Bonchev–Trinajstić information content (AvgIpc) is 2.97. The molecule has 1 amide bonds. The van der Waals surface area contributed by atoms with Gasteiger partial charge in [-0.25, -0.2) is 0 Å². The fraction of sp³-hybridized carbons (Fsp3) is 0.750. The zero-order valence-electron chi connectivity index (χ0n) is 12.2. The molecule has 3 rings (SSSR count). The first kappa shape index (κ1) is 13.7. The highest BCUT2D eigenvalue weighted by molar-refractivity contribution is 5.87. The van der Waals surface area contributed by atoms with Crippen LogP contribution in [0.5, 0.6) is 0 Å². The third-order valence-electron chi connectivity index (χ3n) is 5.45. The smallest absolute Gasteiger partial charge is 0.307 e. The first-order valence-corrected chi connectivity index (χ1v) is 7.70. The molecule has 0 aromatic heterocycles. The lowest BCUT2D eigenvalue weighted by Crippen LogP contribution is -2.49. The van der Waals surface area contributed by atoms with Crippen LogP contribution in [0.25, 0.3) is 0 Å². The van der Waals surface area contributed by atoms with E-state index in [0.29, 0.717) is 5.92 Å². The maximum Gasteiger partial charge on any atom is 0.307 e. The van der Waals surface area contributed by atoms with Crippen molar-refractivity contribution in [3.8, 4) is 0 Å². The van der Waals surface area contributed by atoms with E-state index >= 15 is 0 Å². The number of carbonyl (C=O) groups excluding carboxylic acids is 1. The number of hydrogen-bond donors (Lipinski definition) is 1. The molecule has 1 aliphatic heterocycles. The predicted molar refractivity (Wildman–Crippen MR) is 74.9 cm³/mol. The van der Waals surface area contributed by atoms with Gasteiger partial charge in [-0.3, -0.25) is 9.59 Å². The highest BCUT2D eigenvalue weighted by Gasteiger charge is 2.53. The Balaban J connectivity index is 1.79. The number of carbonyl (C=O) groups is 2. The van der Waals surface area contributed by atoms with Crippen LogP contribution in [0.4, 0.5) is 0 Å². The van der Waals surface area contributed by atoms with Crippen molar-refractivity contribution >= 4 is 11.9 Å². The summed E-state index contributed by atoms with van der Waals surface area (Å²) in [5.41, 5.74) is 0. The molecule has 0 spiro atoms. The molecule has 0 aromatic carbocycles. The number of carboxylic acid groups (broad SMARTS) is 1. The molecule has 2 fully saturated rings. The summed E-state index contributed by atoms with van der Waals surface area (Å²) in [6.07, 6.45) is 6.95. The molecular formula is C16H23NO3. The van der Waals surface area contributed by atoms with Gasteiger partial charge >= 0.3 is 5.97 Å².